The largest absolute Gasteiger partial charge is 0.492 e. The average Bonchev–Trinajstić information content (AvgIpc) is 3.57. The minimum absolute atomic E-state index is 0.239. The molecule has 2 atom stereocenters. The summed E-state index contributed by atoms with van der Waals surface area (Å²) < 4.78 is 13.9. The third-order valence-electron chi connectivity index (χ3n) is 7.30. The fraction of sp³-hybridized carbons (Fsp3) is 0.500. The Kier molecular flexibility index (Phi) is 7.49. The third-order valence-corrected chi connectivity index (χ3v) is 7.61. The normalized spacial score (nSPS) is 22.8. The van der Waals surface area contributed by atoms with Crippen molar-refractivity contribution in [3.8, 4) is 5.75 Å². The van der Waals surface area contributed by atoms with E-state index < -0.39 is 0 Å². The van der Waals surface area contributed by atoms with E-state index in [2.05, 4.69) is 25.5 Å². The van der Waals surface area contributed by atoms with Gasteiger partial charge in [0, 0.05) is 50.9 Å². The van der Waals surface area contributed by atoms with E-state index in [0.29, 0.717) is 60.6 Å². The first-order valence-electron chi connectivity index (χ1n) is 13.3. The van der Waals surface area contributed by atoms with Gasteiger partial charge in [0.15, 0.2) is 0 Å². The van der Waals surface area contributed by atoms with E-state index >= 15 is 0 Å². The lowest BCUT2D eigenvalue weighted by Crippen LogP contribution is -2.44. The van der Waals surface area contributed by atoms with Gasteiger partial charge in [-0.1, -0.05) is 16.8 Å². The molecule has 0 aliphatic carbocycles. The monoisotopic (exact) mass is 554 g/mol. The van der Waals surface area contributed by atoms with Crippen molar-refractivity contribution >= 4 is 29.3 Å². The predicted octanol–water partition coefficient (Wildman–Crippen LogP) is 1.67. The lowest BCUT2D eigenvalue weighted by Gasteiger charge is -2.31. The molecule has 39 heavy (non-hydrogen) atoms. The topological polar surface area (TPSA) is 131 Å². The first-order chi connectivity index (χ1) is 19.0. The quantitative estimate of drug-likeness (QED) is 0.482. The molecule has 0 unspecified atom stereocenters. The molecule has 2 fully saturated rings. The summed E-state index contributed by atoms with van der Waals surface area (Å²) in [7, 11) is 0. The molecule has 3 aliphatic rings. The first-order valence-corrected chi connectivity index (χ1v) is 13.6. The Balaban J connectivity index is 1.24. The molecular weight excluding hydrogens is 524 g/mol. The SMILES string of the molecule is O=C1N[C@H]2CN(c3nccc(N4CCC(O)CC4)n3)C[C@@H]2OCc2cn(nn2)CCCOc2cc1ccc2Cl. The molecule has 6 rings (SSSR count). The lowest BCUT2D eigenvalue weighted by atomic mass is 10.1. The van der Waals surface area contributed by atoms with Crippen LogP contribution < -0.4 is 19.9 Å². The van der Waals surface area contributed by atoms with Crippen molar-refractivity contribution in [2.45, 2.75) is 50.7 Å². The van der Waals surface area contributed by atoms with Crippen molar-refractivity contribution in [2.75, 3.05) is 42.6 Å². The molecule has 2 N–H and O–H groups in total. The number of piperidine rings is 1. The van der Waals surface area contributed by atoms with Gasteiger partial charge < -0.3 is 29.7 Å². The van der Waals surface area contributed by atoms with Gasteiger partial charge in [0.2, 0.25) is 5.95 Å². The van der Waals surface area contributed by atoms with Gasteiger partial charge in [-0.3, -0.25) is 9.48 Å². The number of carbonyl (C=O) groups excluding carboxylic acids is 1. The van der Waals surface area contributed by atoms with E-state index in [1.165, 1.54) is 0 Å². The fourth-order valence-corrected chi connectivity index (χ4v) is 5.30. The van der Waals surface area contributed by atoms with Gasteiger partial charge in [0.25, 0.3) is 5.91 Å². The highest BCUT2D eigenvalue weighted by Crippen LogP contribution is 2.27. The minimum Gasteiger partial charge on any atom is -0.492 e. The van der Waals surface area contributed by atoms with Crippen LogP contribution in [0.4, 0.5) is 11.8 Å². The van der Waals surface area contributed by atoms with Crippen LogP contribution in [-0.4, -0.2) is 87.0 Å². The van der Waals surface area contributed by atoms with Crippen molar-refractivity contribution in [3.05, 3.63) is 52.9 Å². The predicted molar refractivity (Wildman–Crippen MR) is 143 cm³/mol. The third kappa shape index (κ3) is 5.92. The Morgan fingerprint density at radius 1 is 1.10 bits per heavy atom. The molecule has 3 aliphatic heterocycles. The maximum absolute atomic E-state index is 13.3. The van der Waals surface area contributed by atoms with Gasteiger partial charge in [0.05, 0.1) is 42.7 Å². The maximum Gasteiger partial charge on any atom is 0.251 e. The molecule has 3 aromatic rings. The van der Waals surface area contributed by atoms with E-state index in [0.717, 1.165) is 31.7 Å². The standard InChI is InChI=1S/C26H31ClN8O4/c27-20-3-2-17-12-22(20)38-11-1-8-35-13-18(31-32-35)16-39-23-15-34(14-21(23)29-25(17)37)26-28-7-4-24(30-26)33-9-5-19(36)6-10-33/h2-4,7,12-13,19,21,23,36H,1,5-6,8-11,14-16H2,(H,29,37)/t21-,23-/m0/s1. The van der Waals surface area contributed by atoms with Crippen LogP contribution in [0.25, 0.3) is 0 Å². The molecule has 0 saturated carbocycles. The summed E-state index contributed by atoms with van der Waals surface area (Å²) in [5, 5.41) is 21.9. The van der Waals surface area contributed by atoms with Crippen LogP contribution in [0, 0.1) is 0 Å². The molecule has 12 nitrogen and oxygen atoms in total. The number of aryl methyl sites for hydroxylation is 1. The second kappa shape index (κ2) is 11.3. The number of hydrogen-bond acceptors (Lipinski definition) is 10. The number of rotatable bonds is 2. The molecular formula is C26H31ClN8O4. The number of nitrogens with zero attached hydrogens (tertiary/aromatic N) is 7. The molecule has 0 spiro atoms. The number of fused-ring (bicyclic) bond motifs is 5. The summed E-state index contributed by atoms with van der Waals surface area (Å²) in [5.74, 6) is 1.62. The van der Waals surface area contributed by atoms with Crippen molar-refractivity contribution in [2.24, 2.45) is 0 Å². The van der Waals surface area contributed by atoms with Gasteiger partial charge in [0.1, 0.15) is 17.3 Å². The van der Waals surface area contributed by atoms with Crippen LogP contribution in [0.5, 0.6) is 5.75 Å². The zero-order valence-electron chi connectivity index (χ0n) is 21.4. The molecule has 2 saturated heterocycles. The summed E-state index contributed by atoms with van der Waals surface area (Å²) in [5.41, 5.74) is 1.17. The molecule has 5 heterocycles. The highest BCUT2D eigenvalue weighted by atomic mass is 35.5. The number of aliphatic hydroxyl groups excluding tert-OH is 1. The van der Waals surface area contributed by atoms with Crippen LogP contribution in [0.2, 0.25) is 5.02 Å². The van der Waals surface area contributed by atoms with E-state index in [-0.39, 0.29) is 30.8 Å². The highest BCUT2D eigenvalue weighted by molar-refractivity contribution is 6.32. The Hall–Kier alpha value is -3.48. The fourth-order valence-electron chi connectivity index (χ4n) is 5.13. The van der Waals surface area contributed by atoms with Crippen molar-refractivity contribution < 1.29 is 19.4 Å². The zero-order chi connectivity index (χ0) is 26.8. The molecule has 0 radical (unpaired) electrons. The van der Waals surface area contributed by atoms with Crippen LogP contribution >= 0.6 is 11.6 Å². The molecule has 4 bridgehead atoms. The van der Waals surface area contributed by atoms with Crippen molar-refractivity contribution in [1.82, 2.24) is 30.3 Å². The van der Waals surface area contributed by atoms with Crippen LogP contribution in [0.3, 0.4) is 0 Å². The number of hydrogen-bond donors (Lipinski definition) is 2. The summed E-state index contributed by atoms with van der Waals surface area (Å²) >= 11 is 6.33. The van der Waals surface area contributed by atoms with Crippen molar-refractivity contribution in [3.63, 3.8) is 0 Å². The first kappa shape index (κ1) is 25.8. The van der Waals surface area contributed by atoms with Gasteiger partial charge in [-0.05, 0) is 37.1 Å². The second-order valence-electron chi connectivity index (χ2n) is 10.1. The van der Waals surface area contributed by atoms with Gasteiger partial charge in [-0.2, -0.15) is 4.98 Å². The average molecular weight is 555 g/mol. The maximum atomic E-state index is 13.3. The Morgan fingerprint density at radius 3 is 2.85 bits per heavy atom. The minimum atomic E-state index is -0.326. The molecule has 13 heteroatoms. The lowest BCUT2D eigenvalue weighted by molar-refractivity contribution is 0.0347. The Morgan fingerprint density at radius 2 is 1.97 bits per heavy atom. The van der Waals surface area contributed by atoms with Gasteiger partial charge in [-0.25, -0.2) is 4.98 Å². The van der Waals surface area contributed by atoms with E-state index in [9.17, 15) is 9.90 Å². The van der Waals surface area contributed by atoms with Crippen LogP contribution in [0.15, 0.2) is 36.7 Å². The van der Waals surface area contributed by atoms with E-state index in [1.54, 1.807) is 29.1 Å². The number of benzene rings is 1. The number of ether oxygens (including phenoxy) is 2. The number of halogens is 1. The number of anilines is 2. The zero-order valence-corrected chi connectivity index (χ0v) is 22.2. The number of carbonyl (C=O) groups is 1. The van der Waals surface area contributed by atoms with E-state index in [4.69, 9.17) is 26.1 Å². The summed E-state index contributed by atoms with van der Waals surface area (Å²) in [4.78, 5) is 26.8. The second-order valence-corrected chi connectivity index (χ2v) is 10.5. The smallest absolute Gasteiger partial charge is 0.251 e. The van der Waals surface area contributed by atoms with Gasteiger partial charge >= 0.3 is 0 Å². The molecule has 1 aromatic carbocycles. The van der Waals surface area contributed by atoms with Crippen molar-refractivity contribution in [1.29, 1.82) is 0 Å². The molecule has 2 aromatic heterocycles. The van der Waals surface area contributed by atoms with Crippen LogP contribution in [-0.2, 0) is 17.9 Å². The summed E-state index contributed by atoms with van der Waals surface area (Å²) in [6, 6.07) is 6.60. The number of aliphatic hydroxyl groups is 1. The summed E-state index contributed by atoms with van der Waals surface area (Å²) in [6.45, 7) is 3.79. The highest BCUT2D eigenvalue weighted by Gasteiger charge is 2.37. The molecule has 206 valence electrons. The number of amides is 1. The summed E-state index contributed by atoms with van der Waals surface area (Å²) in [6.07, 6.45) is 5.16. The van der Waals surface area contributed by atoms with Crippen LogP contribution in [0.1, 0.15) is 35.3 Å². The molecule has 1 amide bonds. The Labute approximate surface area is 230 Å². The van der Waals surface area contributed by atoms with Gasteiger partial charge in [-0.15, -0.1) is 5.10 Å². The number of aromatic nitrogens is 5. The number of nitrogens with one attached hydrogen (secondary N) is 1. The Bertz CT molecular complexity index is 1310. The van der Waals surface area contributed by atoms with E-state index in [1.807, 2.05) is 17.2 Å².